The van der Waals surface area contributed by atoms with Crippen LogP contribution < -0.4 is 0 Å². The molecule has 0 saturated heterocycles. The Hall–Kier alpha value is -6.97. The van der Waals surface area contributed by atoms with Crippen LogP contribution in [0.15, 0.2) is 188 Å². The molecule has 0 saturated carbocycles. The molecule has 1 aliphatic carbocycles. The van der Waals surface area contributed by atoms with Gasteiger partial charge in [0, 0.05) is 22.1 Å². The molecule has 0 N–H and O–H groups in total. The highest BCUT2D eigenvalue weighted by atomic mass is 15.0. The SMILES string of the molecule is CC1(C)c2ccccc2-c2c(-c3ccc4ccccc4c3-c3nc(-c4ccccc4-c4ccccc4)nc(-c4ccccc4-c4ccccc4)n3)cccc21. The molecule has 55 heavy (non-hydrogen) atoms. The minimum atomic E-state index is -0.130. The molecule has 3 heteroatoms. The maximum atomic E-state index is 5.47. The molecule has 260 valence electrons. The van der Waals surface area contributed by atoms with E-state index >= 15 is 0 Å². The summed E-state index contributed by atoms with van der Waals surface area (Å²) >= 11 is 0. The Bertz CT molecular complexity index is 2790. The lowest BCUT2D eigenvalue weighted by Crippen LogP contribution is -2.14. The standard InChI is InChI=1S/C52H37N3/c1-52(2)45-30-16-15-28-44(45)47-40(29-17-31-46(47)52)41-33-32-36-22-9-10-25-39(36)48(41)51-54-49(42-26-13-11-23-37(42)34-18-5-3-6-19-34)53-50(55-51)43-27-14-12-24-38(43)35-20-7-4-8-21-35/h3-33H,1-2H3. The van der Waals surface area contributed by atoms with Crippen molar-refractivity contribution in [3.63, 3.8) is 0 Å². The molecule has 0 atom stereocenters. The molecule has 0 fully saturated rings. The van der Waals surface area contributed by atoms with Crippen LogP contribution in [0.4, 0.5) is 0 Å². The van der Waals surface area contributed by atoms with Gasteiger partial charge in [-0.3, -0.25) is 0 Å². The molecule has 9 aromatic rings. The van der Waals surface area contributed by atoms with Crippen molar-refractivity contribution in [2.75, 3.05) is 0 Å². The minimum absolute atomic E-state index is 0.130. The summed E-state index contributed by atoms with van der Waals surface area (Å²) in [5.74, 6) is 1.90. The predicted octanol–water partition coefficient (Wildman–Crippen LogP) is 13.3. The molecule has 10 rings (SSSR count). The third-order valence-corrected chi connectivity index (χ3v) is 11.2. The number of rotatable bonds is 6. The molecule has 0 amide bonds. The van der Waals surface area contributed by atoms with Crippen LogP contribution in [0, 0.1) is 0 Å². The Labute approximate surface area is 321 Å². The average Bonchev–Trinajstić information content (AvgIpc) is 3.49. The fourth-order valence-electron chi connectivity index (χ4n) is 8.54. The summed E-state index contributed by atoms with van der Waals surface area (Å²) in [7, 11) is 0. The number of hydrogen-bond donors (Lipinski definition) is 0. The summed E-state index contributed by atoms with van der Waals surface area (Å²) < 4.78 is 0. The topological polar surface area (TPSA) is 38.7 Å². The van der Waals surface area contributed by atoms with E-state index in [2.05, 4.69) is 190 Å². The number of benzene rings is 8. The average molecular weight is 704 g/mol. The van der Waals surface area contributed by atoms with Crippen molar-refractivity contribution < 1.29 is 0 Å². The largest absolute Gasteiger partial charge is 0.208 e. The molecule has 0 radical (unpaired) electrons. The quantitative estimate of drug-likeness (QED) is 0.173. The number of aromatic nitrogens is 3. The van der Waals surface area contributed by atoms with E-state index in [1.807, 2.05) is 12.1 Å². The highest BCUT2D eigenvalue weighted by molar-refractivity contribution is 6.06. The predicted molar refractivity (Wildman–Crippen MR) is 228 cm³/mol. The first-order chi connectivity index (χ1) is 27.1. The van der Waals surface area contributed by atoms with Crippen molar-refractivity contribution >= 4 is 10.8 Å². The summed E-state index contributed by atoms with van der Waals surface area (Å²) in [6, 6.07) is 66.5. The minimum Gasteiger partial charge on any atom is -0.208 e. The van der Waals surface area contributed by atoms with Crippen molar-refractivity contribution in [3.05, 3.63) is 199 Å². The summed E-state index contributed by atoms with van der Waals surface area (Å²) in [5.41, 5.74) is 14.6. The zero-order valence-electron chi connectivity index (χ0n) is 30.7. The number of fused-ring (bicyclic) bond motifs is 4. The Morgan fingerprint density at radius 1 is 0.309 bits per heavy atom. The fourth-order valence-corrected chi connectivity index (χ4v) is 8.54. The maximum absolute atomic E-state index is 5.47. The van der Waals surface area contributed by atoms with Gasteiger partial charge in [0.05, 0.1) is 0 Å². The molecule has 0 aliphatic heterocycles. The van der Waals surface area contributed by atoms with Crippen molar-refractivity contribution in [3.8, 4) is 78.7 Å². The molecular formula is C52H37N3. The van der Waals surface area contributed by atoms with Crippen LogP contribution in [-0.4, -0.2) is 15.0 Å². The van der Waals surface area contributed by atoms with Gasteiger partial charge < -0.3 is 0 Å². The maximum Gasteiger partial charge on any atom is 0.165 e. The molecule has 0 unspecified atom stereocenters. The highest BCUT2D eigenvalue weighted by Gasteiger charge is 2.37. The Balaban J connectivity index is 1.30. The van der Waals surface area contributed by atoms with Crippen molar-refractivity contribution in [2.45, 2.75) is 19.3 Å². The molecule has 0 spiro atoms. The van der Waals surface area contributed by atoms with E-state index in [-0.39, 0.29) is 5.41 Å². The summed E-state index contributed by atoms with van der Waals surface area (Å²) in [4.78, 5) is 16.3. The van der Waals surface area contributed by atoms with Crippen LogP contribution in [0.5, 0.6) is 0 Å². The number of hydrogen-bond acceptors (Lipinski definition) is 3. The van der Waals surface area contributed by atoms with Crippen LogP contribution in [-0.2, 0) is 5.41 Å². The summed E-state index contributed by atoms with van der Waals surface area (Å²) in [6.07, 6.45) is 0. The van der Waals surface area contributed by atoms with Crippen LogP contribution in [0.3, 0.4) is 0 Å². The first-order valence-electron chi connectivity index (χ1n) is 18.9. The first-order valence-corrected chi connectivity index (χ1v) is 18.9. The lowest BCUT2D eigenvalue weighted by atomic mass is 9.81. The van der Waals surface area contributed by atoms with Gasteiger partial charge in [-0.05, 0) is 66.4 Å². The molecule has 1 aliphatic rings. The van der Waals surface area contributed by atoms with Crippen molar-refractivity contribution in [1.29, 1.82) is 0 Å². The molecular weight excluding hydrogens is 667 g/mol. The van der Waals surface area contributed by atoms with Gasteiger partial charge >= 0.3 is 0 Å². The van der Waals surface area contributed by atoms with Crippen molar-refractivity contribution in [2.24, 2.45) is 0 Å². The van der Waals surface area contributed by atoms with Gasteiger partial charge in [-0.1, -0.05) is 202 Å². The first kappa shape index (κ1) is 32.7. The van der Waals surface area contributed by atoms with Gasteiger partial charge in [0.15, 0.2) is 17.5 Å². The molecule has 1 heterocycles. The van der Waals surface area contributed by atoms with E-state index in [4.69, 9.17) is 15.0 Å². The normalized spacial score (nSPS) is 12.7. The van der Waals surface area contributed by atoms with Gasteiger partial charge in [0.1, 0.15) is 0 Å². The Kier molecular flexibility index (Phi) is 7.81. The van der Waals surface area contributed by atoms with Gasteiger partial charge in [-0.25, -0.2) is 15.0 Å². The molecule has 0 bridgehead atoms. The third-order valence-electron chi connectivity index (χ3n) is 11.2. The van der Waals surface area contributed by atoms with E-state index in [9.17, 15) is 0 Å². The van der Waals surface area contributed by atoms with E-state index in [0.717, 1.165) is 55.3 Å². The molecule has 1 aromatic heterocycles. The molecule has 8 aromatic carbocycles. The summed E-state index contributed by atoms with van der Waals surface area (Å²) in [5, 5.41) is 2.23. The molecule has 3 nitrogen and oxygen atoms in total. The lowest BCUT2D eigenvalue weighted by Gasteiger charge is -2.22. The summed E-state index contributed by atoms with van der Waals surface area (Å²) in [6.45, 7) is 4.67. The number of nitrogens with zero attached hydrogens (tertiary/aromatic N) is 3. The fraction of sp³-hybridized carbons (Fsp3) is 0.0577. The van der Waals surface area contributed by atoms with Gasteiger partial charge in [-0.15, -0.1) is 0 Å². The van der Waals surface area contributed by atoms with E-state index in [0.29, 0.717) is 17.5 Å². The van der Waals surface area contributed by atoms with Crippen molar-refractivity contribution in [1.82, 2.24) is 15.0 Å². The van der Waals surface area contributed by atoms with E-state index < -0.39 is 0 Å². The Morgan fingerprint density at radius 2 is 0.764 bits per heavy atom. The smallest absolute Gasteiger partial charge is 0.165 e. The van der Waals surface area contributed by atoms with Gasteiger partial charge in [0.2, 0.25) is 0 Å². The highest BCUT2D eigenvalue weighted by Crippen LogP contribution is 2.53. The van der Waals surface area contributed by atoms with Crippen LogP contribution in [0.1, 0.15) is 25.0 Å². The second kappa shape index (κ2) is 13.2. The monoisotopic (exact) mass is 703 g/mol. The van der Waals surface area contributed by atoms with Crippen LogP contribution >= 0.6 is 0 Å². The lowest BCUT2D eigenvalue weighted by molar-refractivity contribution is 0.660. The van der Waals surface area contributed by atoms with Crippen LogP contribution in [0.25, 0.3) is 89.4 Å². The van der Waals surface area contributed by atoms with Gasteiger partial charge in [0.25, 0.3) is 0 Å². The third kappa shape index (κ3) is 5.47. The van der Waals surface area contributed by atoms with Crippen LogP contribution in [0.2, 0.25) is 0 Å². The van der Waals surface area contributed by atoms with E-state index in [1.54, 1.807) is 0 Å². The Morgan fingerprint density at radius 3 is 1.40 bits per heavy atom. The van der Waals surface area contributed by atoms with E-state index in [1.165, 1.54) is 27.8 Å². The second-order valence-corrected chi connectivity index (χ2v) is 14.7. The second-order valence-electron chi connectivity index (χ2n) is 14.7. The van der Waals surface area contributed by atoms with Gasteiger partial charge in [-0.2, -0.15) is 0 Å². The zero-order valence-corrected chi connectivity index (χ0v) is 30.7. The zero-order chi connectivity index (χ0) is 36.9.